The second kappa shape index (κ2) is 8.65. The van der Waals surface area contributed by atoms with Gasteiger partial charge in [0.25, 0.3) is 0 Å². The molecule has 0 radical (unpaired) electrons. The van der Waals surface area contributed by atoms with E-state index in [-0.39, 0.29) is 18.4 Å². The van der Waals surface area contributed by atoms with Crippen LogP contribution in [-0.4, -0.2) is 27.7 Å². The van der Waals surface area contributed by atoms with Crippen LogP contribution in [0.4, 0.5) is 0 Å². The van der Waals surface area contributed by atoms with Crippen molar-refractivity contribution in [3.05, 3.63) is 48.3 Å². The van der Waals surface area contributed by atoms with E-state index in [0.29, 0.717) is 0 Å². The van der Waals surface area contributed by atoms with E-state index in [1.54, 1.807) is 17.8 Å². The van der Waals surface area contributed by atoms with Crippen LogP contribution >= 0.6 is 0 Å². The first-order valence-electron chi connectivity index (χ1n) is 9.19. The van der Waals surface area contributed by atoms with Crippen molar-refractivity contribution in [2.75, 3.05) is 0 Å². The number of ether oxygens (including phenoxy) is 1. The van der Waals surface area contributed by atoms with Gasteiger partial charge >= 0.3 is 5.97 Å². The van der Waals surface area contributed by atoms with Crippen molar-refractivity contribution in [3.63, 3.8) is 0 Å². The van der Waals surface area contributed by atoms with Crippen molar-refractivity contribution in [1.82, 2.24) is 15.1 Å². The summed E-state index contributed by atoms with van der Waals surface area (Å²) in [4.78, 5) is 24.3. The fourth-order valence-electron chi connectivity index (χ4n) is 3.20. The Morgan fingerprint density at radius 3 is 2.62 bits per heavy atom. The fourth-order valence-corrected chi connectivity index (χ4v) is 3.20. The number of amides is 1. The molecule has 1 saturated carbocycles. The highest BCUT2D eigenvalue weighted by Gasteiger charge is 2.24. The number of hydrogen-bond acceptors (Lipinski definition) is 4. The van der Waals surface area contributed by atoms with Crippen molar-refractivity contribution in [1.29, 1.82) is 0 Å². The van der Waals surface area contributed by atoms with Gasteiger partial charge in [0, 0.05) is 18.3 Å². The molecule has 1 aromatic heterocycles. The number of nitrogens with zero attached hydrogens (tertiary/aromatic N) is 2. The number of carbonyl (C=O) groups is 2. The maximum absolute atomic E-state index is 12.2. The predicted octanol–water partition coefficient (Wildman–Crippen LogP) is 3.00. The van der Waals surface area contributed by atoms with E-state index in [2.05, 4.69) is 10.4 Å². The molecule has 3 rings (SSSR count). The van der Waals surface area contributed by atoms with Gasteiger partial charge in [-0.1, -0.05) is 31.4 Å². The largest absolute Gasteiger partial charge is 0.459 e. The number of nitrogens with one attached hydrogen (secondary N) is 1. The Labute approximate surface area is 153 Å². The highest BCUT2D eigenvalue weighted by atomic mass is 16.5. The molecule has 6 heteroatoms. The first-order valence-corrected chi connectivity index (χ1v) is 9.19. The molecule has 1 amide bonds. The molecular formula is C20H25N3O3. The summed E-state index contributed by atoms with van der Waals surface area (Å²) in [6.07, 6.45) is 8.79. The zero-order valence-corrected chi connectivity index (χ0v) is 15.1. The lowest BCUT2D eigenvalue weighted by atomic mass is 9.88. The summed E-state index contributed by atoms with van der Waals surface area (Å²) in [6, 6.07) is 8.87. The zero-order valence-electron chi connectivity index (χ0n) is 15.1. The molecule has 1 N–H and O–H groups in total. The lowest BCUT2D eigenvalue weighted by Gasteiger charge is -2.22. The molecule has 1 atom stereocenters. The molecule has 1 heterocycles. The summed E-state index contributed by atoms with van der Waals surface area (Å²) in [5, 5.41) is 6.96. The average molecular weight is 355 g/mol. The van der Waals surface area contributed by atoms with Gasteiger partial charge in [-0.3, -0.25) is 4.79 Å². The van der Waals surface area contributed by atoms with Gasteiger partial charge in [-0.15, -0.1) is 0 Å². The van der Waals surface area contributed by atoms with Crippen molar-refractivity contribution in [3.8, 4) is 5.69 Å². The summed E-state index contributed by atoms with van der Waals surface area (Å²) in [7, 11) is 0. The van der Waals surface area contributed by atoms with Gasteiger partial charge in [0.15, 0.2) is 0 Å². The van der Waals surface area contributed by atoms with E-state index in [9.17, 15) is 9.59 Å². The van der Waals surface area contributed by atoms with Crippen LogP contribution in [0, 0.1) is 5.92 Å². The number of rotatable bonds is 6. The van der Waals surface area contributed by atoms with E-state index >= 15 is 0 Å². The van der Waals surface area contributed by atoms with Crippen molar-refractivity contribution < 1.29 is 14.3 Å². The van der Waals surface area contributed by atoms with Crippen molar-refractivity contribution in [2.24, 2.45) is 5.92 Å². The van der Waals surface area contributed by atoms with Gasteiger partial charge in [-0.25, -0.2) is 9.48 Å². The van der Waals surface area contributed by atoms with Crippen LogP contribution in [0.2, 0.25) is 0 Å². The summed E-state index contributed by atoms with van der Waals surface area (Å²) in [5.41, 5.74) is 1.83. The summed E-state index contributed by atoms with van der Waals surface area (Å²) in [5.74, 6) is -0.406. The summed E-state index contributed by atoms with van der Waals surface area (Å²) >= 11 is 0. The molecular weight excluding hydrogens is 330 g/mol. The normalized spacial score (nSPS) is 16.0. The Morgan fingerprint density at radius 1 is 1.23 bits per heavy atom. The van der Waals surface area contributed by atoms with Crippen LogP contribution in [0.5, 0.6) is 0 Å². The van der Waals surface area contributed by atoms with Gasteiger partial charge in [-0.2, -0.15) is 5.10 Å². The highest BCUT2D eigenvalue weighted by Crippen LogP contribution is 2.23. The third-order valence-electron chi connectivity index (χ3n) is 4.77. The molecule has 0 spiro atoms. The molecule has 26 heavy (non-hydrogen) atoms. The maximum Gasteiger partial charge on any atom is 0.328 e. The van der Waals surface area contributed by atoms with Gasteiger partial charge in [0.05, 0.1) is 5.69 Å². The molecule has 2 aromatic rings. The quantitative estimate of drug-likeness (QED) is 0.809. The van der Waals surface area contributed by atoms with Gasteiger partial charge in [0.1, 0.15) is 12.6 Å². The van der Waals surface area contributed by atoms with Crippen LogP contribution in [-0.2, 0) is 20.9 Å². The first-order chi connectivity index (χ1) is 12.6. The Kier molecular flexibility index (Phi) is 6.04. The molecule has 0 bridgehead atoms. The van der Waals surface area contributed by atoms with E-state index in [4.69, 9.17) is 4.74 Å². The SMILES string of the molecule is CC(NC(=O)C1CCCCC1)C(=O)OCc1ccc(-n2cccn2)cc1. The molecule has 0 saturated heterocycles. The van der Waals surface area contributed by atoms with Crippen LogP contribution in [0.3, 0.4) is 0 Å². The monoisotopic (exact) mass is 355 g/mol. The molecule has 1 aliphatic carbocycles. The number of esters is 1. The van der Waals surface area contributed by atoms with Gasteiger partial charge in [-0.05, 0) is 43.5 Å². The number of aromatic nitrogens is 2. The lowest BCUT2D eigenvalue weighted by Crippen LogP contribution is -2.42. The molecule has 1 fully saturated rings. The minimum Gasteiger partial charge on any atom is -0.459 e. The molecule has 1 aromatic carbocycles. The molecule has 0 aliphatic heterocycles. The Hall–Kier alpha value is -2.63. The molecule has 138 valence electrons. The fraction of sp³-hybridized carbons (Fsp3) is 0.450. The number of benzene rings is 1. The Bertz CT molecular complexity index is 719. The highest BCUT2D eigenvalue weighted by molar-refractivity contribution is 5.85. The van der Waals surface area contributed by atoms with Crippen LogP contribution in [0.15, 0.2) is 42.7 Å². The van der Waals surface area contributed by atoms with Gasteiger partial charge < -0.3 is 10.1 Å². The Balaban J connectivity index is 1.46. The standard InChI is InChI=1S/C20H25N3O3/c1-15(22-19(24)17-6-3-2-4-7-17)20(25)26-14-16-8-10-18(11-9-16)23-13-5-12-21-23/h5,8-13,15,17H,2-4,6-7,14H2,1H3,(H,22,24). The smallest absolute Gasteiger partial charge is 0.328 e. The number of hydrogen-bond donors (Lipinski definition) is 1. The van der Waals surface area contributed by atoms with Crippen LogP contribution in [0.1, 0.15) is 44.6 Å². The third kappa shape index (κ3) is 4.71. The van der Waals surface area contributed by atoms with Crippen molar-refractivity contribution >= 4 is 11.9 Å². The van der Waals surface area contributed by atoms with Gasteiger partial charge in [0.2, 0.25) is 5.91 Å². The minimum absolute atomic E-state index is 0.0299. The summed E-state index contributed by atoms with van der Waals surface area (Å²) < 4.78 is 7.10. The van der Waals surface area contributed by atoms with E-state index in [1.165, 1.54) is 6.42 Å². The average Bonchev–Trinajstić information content (AvgIpc) is 3.22. The summed E-state index contributed by atoms with van der Waals surface area (Å²) in [6.45, 7) is 1.85. The lowest BCUT2D eigenvalue weighted by molar-refractivity contribution is -0.149. The second-order valence-corrected chi connectivity index (χ2v) is 6.79. The minimum atomic E-state index is -0.632. The molecule has 6 nitrogen and oxygen atoms in total. The first kappa shape index (κ1) is 18.2. The second-order valence-electron chi connectivity index (χ2n) is 6.79. The van der Waals surface area contributed by atoms with E-state index in [0.717, 1.165) is 36.9 Å². The van der Waals surface area contributed by atoms with Crippen LogP contribution in [0.25, 0.3) is 5.69 Å². The zero-order chi connectivity index (χ0) is 18.4. The van der Waals surface area contributed by atoms with Crippen LogP contribution < -0.4 is 5.32 Å². The Morgan fingerprint density at radius 2 is 1.96 bits per heavy atom. The molecule has 1 unspecified atom stereocenters. The topological polar surface area (TPSA) is 73.2 Å². The number of carbonyl (C=O) groups excluding carboxylic acids is 2. The predicted molar refractivity (Wildman–Crippen MR) is 97.5 cm³/mol. The van der Waals surface area contributed by atoms with E-state index in [1.807, 2.05) is 36.5 Å². The maximum atomic E-state index is 12.2. The molecule has 1 aliphatic rings. The van der Waals surface area contributed by atoms with E-state index < -0.39 is 12.0 Å². The van der Waals surface area contributed by atoms with Crippen molar-refractivity contribution in [2.45, 2.75) is 51.7 Å². The third-order valence-corrected chi connectivity index (χ3v) is 4.77.